The van der Waals surface area contributed by atoms with E-state index in [4.69, 9.17) is 30.1 Å². The van der Waals surface area contributed by atoms with E-state index in [1.165, 1.54) is 11.3 Å². The topological polar surface area (TPSA) is 176 Å². The van der Waals surface area contributed by atoms with Gasteiger partial charge in [0.15, 0.2) is 28.6 Å². The number of aromatic nitrogens is 5. The van der Waals surface area contributed by atoms with Crippen LogP contribution < -0.4 is 10.5 Å². The number of aliphatic hydroxyl groups is 1. The Bertz CT molecular complexity index is 1880. The Hall–Kier alpha value is -4.04. The largest absolute Gasteiger partial charge is 0.474 e. The monoisotopic (exact) mass is 627 g/mol. The summed E-state index contributed by atoms with van der Waals surface area (Å²) in [5.41, 5.74) is 8.36. The van der Waals surface area contributed by atoms with Gasteiger partial charge in [-0.15, -0.1) is 11.3 Å². The highest BCUT2D eigenvalue weighted by atomic mass is 32.1. The quantitative estimate of drug-likeness (QED) is 0.305. The summed E-state index contributed by atoms with van der Waals surface area (Å²) in [6.07, 6.45) is 7.26. The number of hydrogen-bond donors (Lipinski definition) is 2. The van der Waals surface area contributed by atoms with Gasteiger partial charge in [0.25, 0.3) is 0 Å². The van der Waals surface area contributed by atoms with Crippen LogP contribution in [0.15, 0.2) is 4.52 Å². The number of nitrogens with two attached hydrogens (primary N) is 1. The average Bonchev–Trinajstić information content (AvgIpc) is 3.79. The summed E-state index contributed by atoms with van der Waals surface area (Å²) in [6, 6.07) is 4.74. The first-order valence-corrected chi connectivity index (χ1v) is 16.4. The van der Waals surface area contributed by atoms with Crippen molar-refractivity contribution < 1.29 is 14.4 Å². The number of rotatable bonds is 6. The fraction of sp³-hybridized carbons (Fsp3) is 0.562. The number of nitrogens with zero attached hydrogens (tertiary/aromatic N) is 8. The number of aryl methyl sites for hydroxylation is 1. The number of ether oxygens (including phenoxy) is 1. The van der Waals surface area contributed by atoms with Gasteiger partial charge in [0.1, 0.15) is 29.1 Å². The van der Waals surface area contributed by atoms with E-state index < -0.39 is 11.0 Å². The SMILES string of the molecule is CC(C1CCCN1C)n1nc(C#N)c2c(OCC(C)(C)O)nc(-c3noc4c3CCCC43CCCc4sc(N)c(C#N)c43)nc21. The number of likely N-dealkylation sites (tertiary alicyclic amines) is 1. The van der Waals surface area contributed by atoms with Crippen LogP contribution in [0.1, 0.15) is 98.4 Å². The van der Waals surface area contributed by atoms with E-state index in [-0.39, 0.29) is 30.3 Å². The predicted octanol–water partition coefficient (Wildman–Crippen LogP) is 4.63. The first-order valence-electron chi connectivity index (χ1n) is 15.6. The smallest absolute Gasteiger partial charge is 0.229 e. The first-order chi connectivity index (χ1) is 21.6. The Balaban J connectivity index is 1.41. The number of nitrogen functional groups attached to an aromatic ring is 1. The van der Waals surface area contributed by atoms with Crippen molar-refractivity contribution in [2.45, 2.75) is 95.2 Å². The van der Waals surface area contributed by atoms with Crippen molar-refractivity contribution in [3.05, 3.63) is 33.0 Å². The highest BCUT2D eigenvalue weighted by Gasteiger charge is 2.49. The van der Waals surface area contributed by atoms with E-state index in [9.17, 15) is 15.6 Å². The highest BCUT2D eigenvalue weighted by Crippen LogP contribution is 2.55. The van der Waals surface area contributed by atoms with Gasteiger partial charge in [-0.2, -0.15) is 20.6 Å². The summed E-state index contributed by atoms with van der Waals surface area (Å²) in [5, 5.41) is 41.0. The molecule has 0 amide bonds. The van der Waals surface area contributed by atoms with Crippen molar-refractivity contribution in [1.82, 2.24) is 29.8 Å². The summed E-state index contributed by atoms with van der Waals surface area (Å²) < 4.78 is 14.2. The van der Waals surface area contributed by atoms with E-state index in [1.807, 2.05) is 4.68 Å². The molecule has 3 atom stereocenters. The number of anilines is 1. The molecule has 0 saturated carbocycles. The molecule has 3 N–H and O–H groups in total. The Morgan fingerprint density at radius 3 is 2.67 bits per heavy atom. The fourth-order valence-electron chi connectivity index (χ4n) is 7.75. The van der Waals surface area contributed by atoms with E-state index in [2.05, 4.69) is 36.2 Å². The third-order valence-corrected chi connectivity index (χ3v) is 10.9. The molecule has 3 aliphatic rings. The fourth-order valence-corrected chi connectivity index (χ4v) is 8.91. The molecule has 0 bridgehead atoms. The molecule has 234 valence electrons. The van der Waals surface area contributed by atoms with Crippen LogP contribution in [-0.2, 0) is 18.3 Å². The molecule has 45 heavy (non-hydrogen) atoms. The molecular formula is C32H37N9O3S. The minimum Gasteiger partial charge on any atom is -0.474 e. The molecule has 1 spiro atoms. The molecule has 13 heteroatoms. The van der Waals surface area contributed by atoms with E-state index in [0.717, 1.165) is 79.7 Å². The van der Waals surface area contributed by atoms with E-state index in [1.54, 1.807) is 13.8 Å². The molecule has 0 aromatic carbocycles. The number of nitriles is 2. The lowest BCUT2D eigenvalue weighted by atomic mass is 9.63. The molecule has 1 aliphatic heterocycles. The Labute approximate surface area is 265 Å². The normalized spacial score (nSPS) is 22.2. The maximum Gasteiger partial charge on any atom is 0.229 e. The van der Waals surface area contributed by atoms with E-state index >= 15 is 0 Å². The third kappa shape index (κ3) is 4.68. The lowest BCUT2D eigenvalue weighted by molar-refractivity contribution is 0.0274. The van der Waals surface area contributed by atoms with Crippen LogP contribution in [0, 0.1) is 22.7 Å². The molecule has 0 radical (unpaired) electrons. The molecule has 1 saturated heterocycles. The van der Waals surface area contributed by atoms with Crippen LogP contribution in [0.5, 0.6) is 5.88 Å². The molecule has 1 fully saturated rings. The zero-order chi connectivity index (χ0) is 31.7. The predicted molar refractivity (Wildman–Crippen MR) is 168 cm³/mol. The summed E-state index contributed by atoms with van der Waals surface area (Å²) in [4.78, 5) is 13.3. The zero-order valence-corrected chi connectivity index (χ0v) is 26.9. The Kier molecular flexibility index (Phi) is 7.11. The molecular weight excluding hydrogens is 590 g/mol. The van der Waals surface area contributed by atoms with Crippen LogP contribution >= 0.6 is 11.3 Å². The van der Waals surface area contributed by atoms with Crippen LogP contribution in [0.4, 0.5) is 5.00 Å². The summed E-state index contributed by atoms with van der Waals surface area (Å²) in [7, 11) is 2.11. The Morgan fingerprint density at radius 1 is 1.20 bits per heavy atom. The average molecular weight is 628 g/mol. The number of fused-ring (bicyclic) bond motifs is 5. The second-order valence-electron chi connectivity index (χ2n) is 13.4. The van der Waals surface area contributed by atoms with Gasteiger partial charge >= 0.3 is 0 Å². The molecule has 4 aromatic rings. The van der Waals surface area contributed by atoms with Crippen LogP contribution in [0.25, 0.3) is 22.6 Å². The maximum absolute atomic E-state index is 10.5. The van der Waals surface area contributed by atoms with Gasteiger partial charge in [-0.25, -0.2) is 9.67 Å². The minimum absolute atomic E-state index is 0.0468. The summed E-state index contributed by atoms with van der Waals surface area (Å²) in [6.45, 7) is 6.35. The van der Waals surface area contributed by atoms with Crippen molar-refractivity contribution in [3.8, 4) is 29.5 Å². The molecule has 5 heterocycles. The highest BCUT2D eigenvalue weighted by molar-refractivity contribution is 7.16. The maximum atomic E-state index is 10.5. The zero-order valence-electron chi connectivity index (χ0n) is 26.1. The lowest BCUT2D eigenvalue weighted by Gasteiger charge is -2.39. The molecule has 3 unspecified atom stereocenters. The van der Waals surface area contributed by atoms with Crippen LogP contribution in [0.2, 0.25) is 0 Å². The molecule has 7 rings (SSSR count). The van der Waals surface area contributed by atoms with Crippen molar-refractivity contribution in [3.63, 3.8) is 0 Å². The standard InChI is InChI=1S/C32H37N9O3S/c1-17(21-9-7-13-40(21)4)41-29-23(20(15-34)38-41)30(43-16-31(2,3)42)37-28(36-29)25-18-8-5-11-32(26(18)44-39-25)12-6-10-22-24(32)19(14-33)27(35)45-22/h17,21,42H,5-13,16,35H2,1-4H3. The van der Waals surface area contributed by atoms with Crippen LogP contribution in [-0.4, -0.2) is 66.8 Å². The van der Waals surface area contributed by atoms with Gasteiger partial charge in [0.2, 0.25) is 5.88 Å². The minimum atomic E-state index is -1.14. The molecule has 12 nitrogen and oxygen atoms in total. The number of likely N-dealkylation sites (N-methyl/N-ethyl adjacent to an activating group) is 1. The molecule has 2 aliphatic carbocycles. The number of thiophene rings is 1. The second-order valence-corrected chi connectivity index (χ2v) is 14.5. The second kappa shape index (κ2) is 10.8. The van der Waals surface area contributed by atoms with Crippen molar-refractivity contribution in [1.29, 1.82) is 10.5 Å². The van der Waals surface area contributed by atoms with Gasteiger partial charge < -0.3 is 25.0 Å². The van der Waals surface area contributed by atoms with Crippen molar-refractivity contribution >= 4 is 27.4 Å². The van der Waals surface area contributed by atoms with Gasteiger partial charge in [-0.1, -0.05) is 5.16 Å². The van der Waals surface area contributed by atoms with Crippen molar-refractivity contribution in [2.24, 2.45) is 0 Å². The molecule has 4 aromatic heterocycles. The van der Waals surface area contributed by atoms with Gasteiger partial charge in [-0.3, -0.25) is 0 Å². The summed E-state index contributed by atoms with van der Waals surface area (Å²) >= 11 is 1.51. The van der Waals surface area contributed by atoms with E-state index in [0.29, 0.717) is 33.1 Å². The first kappa shape index (κ1) is 29.7. The Morgan fingerprint density at radius 2 is 1.98 bits per heavy atom. The lowest BCUT2D eigenvalue weighted by Crippen LogP contribution is -2.35. The van der Waals surface area contributed by atoms with Gasteiger partial charge in [-0.05, 0) is 91.3 Å². The van der Waals surface area contributed by atoms with Crippen molar-refractivity contribution in [2.75, 3.05) is 25.9 Å². The summed E-state index contributed by atoms with van der Waals surface area (Å²) in [5.74, 6) is 1.25. The van der Waals surface area contributed by atoms with Crippen LogP contribution in [0.3, 0.4) is 0 Å². The third-order valence-electron chi connectivity index (χ3n) is 9.78. The number of hydrogen-bond acceptors (Lipinski definition) is 12. The van der Waals surface area contributed by atoms with Gasteiger partial charge in [0.05, 0.1) is 22.6 Å². The van der Waals surface area contributed by atoms with Gasteiger partial charge in [0, 0.05) is 16.5 Å².